The maximum Gasteiger partial charge on any atom is 0.138 e. The molecule has 118 valence electrons. The lowest BCUT2D eigenvalue weighted by atomic mass is 10.1. The van der Waals surface area contributed by atoms with E-state index in [2.05, 4.69) is 4.90 Å². The summed E-state index contributed by atoms with van der Waals surface area (Å²) in [4.78, 5) is 2.54. The van der Waals surface area contributed by atoms with E-state index in [-0.39, 0.29) is 13.2 Å². The predicted octanol–water partition coefficient (Wildman–Crippen LogP) is 5.30. The lowest BCUT2D eigenvalue weighted by Crippen LogP contribution is -2.20. The maximum atomic E-state index is 13.9. The van der Waals surface area contributed by atoms with E-state index >= 15 is 0 Å². The first-order chi connectivity index (χ1) is 10.1. The lowest BCUT2D eigenvalue weighted by Gasteiger charge is -2.20. The van der Waals surface area contributed by atoms with E-state index < -0.39 is 0 Å². The summed E-state index contributed by atoms with van der Waals surface area (Å²) < 4.78 is 13.9. The van der Waals surface area contributed by atoms with Gasteiger partial charge in [0.15, 0.2) is 0 Å². The second-order valence-corrected chi connectivity index (χ2v) is 6.46. The molecular formula is C16H17Cl2FN2S. The molecule has 2 aromatic carbocycles. The fourth-order valence-electron chi connectivity index (χ4n) is 2.59. The second kappa shape index (κ2) is 7.09. The third kappa shape index (κ3) is 3.35. The molecule has 3 rings (SSSR count). The maximum absolute atomic E-state index is 13.9. The highest BCUT2D eigenvalue weighted by Crippen LogP contribution is 2.33. The highest BCUT2D eigenvalue weighted by atomic mass is 35.5. The van der Waals surface area contributed by atoms with Crippen molar-refractivity contribution in [2.45, 2.75) is 25.3 Å². The van der Waals surface area contributed by atoms with Gasteiger partial charge in [0.1, 0.15) is 5.82 Å². The molecule has 0 radical (unpaired) electrons. The average molecular weight is 359 g/mol. The molecule has 2 nitrogen and oxygen atoms in total. The van der Waals surface area contributed by atoms with Crippen LogP contribution in [0.5, 0.6) is 0 Å². The van der Waals surface area contributed by atoms with Crippen LogP contribution in [-0.4, -0.2) is 6.54 Å². The minimum atomic E-state index is -0.336. The van der Waals surface area contributed by atoms with Crippen molar-refractivity contribution >= 4 is 40.8 Å². The minimum absolute atomic E-state index is 0. The van der Waals surface area contributed by atoms with Crippen LogP contribution in [0.15, 0.2) is 35.2 Å². The van der Waals surface area contributed by atoms with Crippen LogP contribution in [0, 0.1) is 5.82 Å². The molecule has 1 aliphatic heterocycles. The Morgan fingerprint density at radius 2 is 2.00 bits per heavy atom. The first-order valence-electron chi connectivity index (χ1n) is 6.46. The van der Waals surface area contributed by atoms with E-state index in [1.165, 1.54) is 11.6 Å². The molecule has 2 aromatic rings. The number of nitrogens with two attached hydrogens (primary N) is 1. The third-order valence-corrected chi connectivity index (χ3v) is 4.78. The molecule has 0 aromatic heterocycles. The number of hydrogen-bond donors (Lipinski definition) is 1. The molecule has 2 N–H and O–H groups in total. The fraction of sp³-hybridized carbons (Fsp3) is 0.250. The van der Waals surface area contributed by atoms with E-state index in [9.17, 15) is 4.39 Å². The van der Waals surface area contributed by atoms with Gasteiger partial charge in [-0.25, -0.2) is 4.39 Å². The van der Waals surface area contributed by atoms with Crippen LogP contribution in [-0.2, 0) is 13.0 Å². The molecular weight excluding hydrogens is 342 g/mol. The Balaban J connectivity index is 0.00000176. The highest BCUT2D eigenvalue weighted by molar-refractivity contribution is 7.97. The van der Waals surface area contributed by atoms with E-state index in [0.29, 0.717) is 16.5 Å². The number of halogens is 3. The van der Waals surface area contributed by atoms with E-state index in [1.54, 1.807) is 6.07 Å². The largest absolute Gasteiger partial charge is 0.367 e. The fourth-order valence-corrected chi connectivity index (χ4v) is 3.43. The van der Waals surface area contributed by atoms with Gasteiger partial charge in [0.2, 0.25) is 0 Å². The van der Waals surface area contributed by atoms with Crippen LogP contribution in [0.3, 0.4) is 0 Å². The van der Waals surface area contributed by atoms with Gasteiger partial charge < -0.3 is 4.90 Å². The lowest BCUT2D eigenvalue weighted by molar-refractivity contribution is 0.599. The Morgan fingerprint density at radius 1 is 1.23 bits per heavy atom. The molecule has 0 spiro atoms. The summed E-state index contributed by atoms with van der Waals surface area (Å²) in [5, 5.41) is 6.68. The number of benzene rings is 2. The van der Waals surface area contributed by atoms with Gasteiger partial charge in [-0.3, -0.25) is 5.14 Å². The molecule has 1 heterocycles. The van der Waals surface area contributed by atoms with Crippen LogP contribution >= 0.6 is 35.1 Å². The van der Waals surface area contributed by atoms with E-state index in [4.69, 9.17) is 28.3 Å². The van der Waals surface area contributed by atoms with Crippen molar-refractivity contribution in [3.63, 3.8) is 0 Å². The quantitative estimate of drug-likeness (QED) is 0.755. The van der Waals surface area contributed by atoms with Crippen LogP contribution < -0.4 is 10.0 Å². The molecule has 6 heteroatoms. The molecule has 0 saturated carbocycles. The Bertz CT molecular complexity index is 694. The zero-order valence-corrected chi connectivity index (χ0v) is 13.4. The molecule has 0 amide bonds. The predicted molar refractivity (Wildman–Crippen MR) is 94.4 cm³/mol. The van der Waals surface area contributed by atoms with Gasteiger partial charge in [-0.05, 0) is 59.8 Å². The normalized spacial score (nSPS) is 13.0. The van der Waals surface area contributed by atoms with Crippen molar-refractivity contribution in [2.24, 2.45) is 5.14 Å². The molecule has 0 atom stereocenters. The summed E-state index contributed by atoms with van der Waals surface area (Å²) in [6.07, 6.45) is 0.937. The summed E-state index contributed by atoms with van der Waals surface area (Å²) >= 11 is 13.1. The van der Waals surface area contributed by atoms with Gasteiger partial charge in [0.25, 0.3) is 0 Å². The average Bonchev–Trinajstić information content (AvgIpc) is 2.84. The van der Waals surface area contributed by atoms with Crippen LogP contribution in [0.1, 0.15) is 18.6 Å². The summed E-state index contributed by atoms with van der Waals surface area (Å²) in [7, 11) is 0. The SMILES string of the molecule is C.NSc1cc(Cl)c(CN2CCc3cc(Cl)ccc32)cc1F. The molecule has 0 saturated heterocycles. The topological polar surface area (TPSA) is 29.3 Å². The Kier molecular flexibility index (Phi) is 5.61. The molecule has 0 unspecified atom stereocenters. The molecule has 1 aliphatic rings. The number of rotatable bonds is 3. The first kappa shape index (κ1) is 17.4. The first-order valence-corrected chi connectivity index (χ1v) is 8.10. The van der Waals surface area contributed by atoms with Crippen molar-refractivity contribution in [3.05, 3.63) is 57.3 Å². The summed E-state index contributed by atoms with van der Waals surface area (Å²) in [5.41, 5.74) is 3.11. The summed E-state index contributed by atoms with van der Waals surface area (Å²) in [6.45, 7) is 1.45. The number of anilines is 1. The highest BCUT2D eigenvalue weighted by Gasteiger charge is 2.20. The van der Waals surface area contributed by atoms with Crippen molar-refractivity contribution in [1.82, 2.24) is 0 Å². The van der Waals surface area contributed by atoms with Crippen molar-refractivity contribution in [2.75, 3.05) is 11.4 Å². The van der Waals surface area contributed by atoms with Crippen LogP contribution in [0.4, 0.5) is 10.1 Å². The van der Waals surface area contributed by atoms with Crippen molar-refractivity contribution in [3.8, 4) is 0 Å². The zero-order chi connectivity index (χ0) is 15.0. The molecule has 22 heavy (non-hydrogen) atoms. The van der Waals surface area contributed by atoms with E-state index in [1.807, 2.05) is 18.2 Å². The number of nitrogens with zero attached hydrogens (tertiary/aromatic N) is 1. The van der Waals surface area contributed by atoms with Crippen molar-refractivity contribution < 1.29 is 4.39 Å². The minimum Gasteiger partial charge on any atom is -0.367 e. The van der Waals surface area contributed by atoms with Gasteiger partial charge in [-0.15, -0.1) is 0 Å². The number of fused-ring (bicyclic) bond motifs is 1. The summed E-state index contributed by atoms with van der Waals surface area (Å²) in [5.74, 6) is -0.336. The zero-order valence-electron chi connectivity index (χ0n) is 11.1. The van der Waals surface area contributed by atoms with Gasteiger partial charge in [-0.2, -0.15) is 0 Å². The molecule has 0 fully saturated rings. The Hall–Kier alpha value is -0.940. The third-order valence-electron chi connectivity index (χ3n) is 3.62. The monoisotopic (exact) mass is 358 g/mol. The molecule has 0 bridgehead atoms. The summed E-state index contributed by atoms with van der Waals surface area (Å²) in [6, 6.07) is 8.89. The Labute approximate surface area is 144 Å². The van der Waals surface area contributed by atoms with Gasteiger partial charge in [0, 0.05) is 28.8 Å². The van der Waals surface area contributed by atoms with Crippen LogP contribution in [0.25, 0.3) is 0 Å². The van der Waals surface area contributed by atoms with Gasteiger partial charge in [-0.1, -0.05) is 30.6 Å². The van der Waals surface area contributed by atoms with Crippen LogP contribution in [0.2, 0.25) is 10.0 Å². The van der Waals surface area contributed by atoms with E-state index in [0.717, 1.165) is 41.2 Å². The van der Waals surface area contributed by atoms with Crippen molar-refractivity contribution in [1.29, 1.82) is 0 Å². The van der Waals surface area contributed by atoms with Gasteiger partial charge >= 0.3 is 0 Å². The smallest absolute Gasteiger partial charge is 0.138 e. The molecule has 0 aliphatic carbocycles. The Morgan fingerprint density at radius 3 is 2.73 bits per heavy atom. The van der Waals surface area contributed by atoms with Gasteiger partial charge in [0.05, 0.1) is 4.90 Å². The number of hydrogen-bond acceptors (Lipinski definition) is 3. The standard InChI is InChI=1S/C15H13Cl2FN2S.CH4/c16-11-1-2-14-9(5-11)3-4-20(14)8-10-6-13(18)15(21-19)7-12(10)17;/h1-2,5-7H,3-4,8,19H2;1H4. The second-order valence-electron chi connectivity index (χ2n) is 4.94.